The zero-order valence-corrected chi connectivity index (χ0v) is 21.2. The molecule has 0 atom stereocenters. The summed E-state index contributed by atoms with van der Waals surface area (Å²) in [4.78, 5) is 0. The van der Waals surface area contributed by atoms with Gasteiger partial charge in [-0.1, -0.05) is 41.5 Å². The molecule has 0 unspecified atom stereocenters. The van der Waals surface area contributed by atoms with Gasteiger partial charge in [-0.25, -0.2) is 0 Å². The second kappa shape index (κ2) is 7.70. The van der Waals surface area contributed by atoms with Crippen LogP contribution >= 0.6 is 0 Å². The largest absolute Gasteiger partial charge is 0.199 e. The molecule has 0 spiro atoms. The molecular formula is C16H26HfSi2-2. The smallest absolute Gasteiger partial charge is 0 e. The van der Waals surface area contributed by atoms with Gasteiger partial charge < -0.3 is 0 Å². The van der Waals surface area contributed by atoms with E-state index in [-0.39, 0.29) is 25.8 Å². The van der Waals surface area contributed by atoms with Crippen LogP contribution in [0.4, 0.5) is 0 Å². The standard InChI is InChI=1S/2C8H13Si.Hf/c2*1-5-4-8(9)7(3)6(5)2;/h2*4H,1-3,9H3;/q2*-1;. The minimum absolute atomic E-state index is 0. The van der Waals surface area contributed by atoms with Gasteiger partial charge in [0, 0.05) is 25.8 Å². The van der Waals surface area contributed by atoms with Crippen molar-refractivity contribution in [2.75, 3.05) is 0 Å². The molecule has 0 fully saturated rings. The third-order valence-corrected chi connectivity index (χ3v) is 6.43. The third-order valence-electron chi connectivity index (χ3n) is 4.36. The van der Waals surface area contributed by atoms with E-state index in [0.29, 0.717) is 0 Å². The molecule has 2 rings (SSSR count). The summed E-state index contributed by atoms with van der Waals surface area (Å²) in [5.74, 6) is 0. The van der Waals surface area contributed by atoms with Gasteiger partial charge in [-0.15, -0.1) is 0 Å². The van der Waals surface area contributed by atoms with Crippen LogP contribution in [-0.2, 0) is 25.8 Å². The van der Waals surface area contributed by atoms with Gasteiger partial charge in [-0.2, -0.15) is 55.9 Å². The Kier molecular flexibility index (Phi) is 7.70. The summed E-state index contributed by atoms with van der Waals surface area (Å²) in [6, 6.07) is 4.60. The topological polar surface area (TPSA) is 0 Å². The van der Waals surface area contributed by atoms with Gasteiger partial charge in [0.25, 0.3) is 0 Å². The normalized spacial score (nSPS) is 10.0. The van der Waals surface area contributed by atoms with E-state index in [4.69, 9.17) is 0 Å². The Balaban J connectivity index is 0.000000324. The molecule has 0 heterocycles. The van der Waals surface area contributed by atoms with E-state index < -0.39 is 0 Å². The van der Waals surface area contributed by atoms with E-state index in [2.05, 4.69) is 53.7 Å². The fraction of sp³-hybridized carbons (Fsp3) is 0.375. The Hall–Kier alpha value is 0.00390. The van der Waals surface area contributed by atoms with Crippen LogP contribution in [0.5, 0.6) is 0 Å². The molecule has 0 bridgehead atoms. The van der Waals surface area contributed by atoms with Gasteiger partial charge in [-0.3, -0.25) is 0 Å². The first-order chi connectivity index (χ1) is 8.25. The molecule has 0 nitrogen and oxygen atoms in total. The summed E-state index contributed by atoms with van der Waals surface area (Å²) >= 11 is 0. The van der Waals surface area contributed by atoms with Crippen molar-refractivity contribution in [1.82, 2.24) is 0 Å². The molecular weight excluding hydrogens is 427 g/mol. The van der Waals surface area contributed by atoms with Gasteiger partial charge >= 0.3 is 0 Å². The molecule has 0 saturated heterocycles. The van der Waals surface area contributed by atoms with Crippen LogP contribution in [0.2, 0.25) is 0 Å². The Morgan fingerprint density at radius 1 is 0.684 bits per heavy atom. The van der Waals surface area contributed by atoms with Crippen molar-refractivity contribution in [1.29, 1.82) is 0 Å². The van der Waals surface area contributed by atoms with Crippen LogP contribution in [0.25, 0.3) is 0 Å². The summed E-state index contributed by atoms with van der Waals surface area (Å²) in [5, 5.41) is 3.12. The fourth-order valence-electron chi connectivity index (χ4n) is 2.27. The van der Waals surface area contributed by atoms with Crippen molar-refractivity contribution < 1.29 is 25.8 Å². The average Bonchev–Trinajstić information content (AvgIpc) is 2.66. The van der Waals surface area contributed by atoms with Gasteiger partial charge in [0.05, 0.1) is 0 Å². The minimum atomic E-state index is 0. The SMILES string of the molecule is Cc1c[c-]([SiH3])c(C)c1C.Cc1c[c-]([SiH3])c(C)c1C.[Hf]. The Bertz CT molecular complexity index is 452. The predicted molar refractivity (Wildman–Crippen MR) is 91.6 cm³/mol. The molecule has 3 heteroatoms. The molecule has 2 aromatic carbocycles. The van der Waals surface area contributed by atoms with Crippen molar-refractivity contribution in [2.24, 2.45) is 0 Å². The molecule has 0 amide bonds. The molecule has 2 aromatic rings. The summed E-state index contributed by atoms with van der Waals surface area (Å²) < 4.78 is 0. The molecule has 0 saturated carbocycles. The molecule has 0 aliphatic carbocycles. The van der Waals surface area contributed by atoms with E-state index >= 15 is 0 Å². The number of hydrogen-bond donors (Lipinski definition) is 0. The van der Waals surface area contributed by atoms with E-state index in [1.165, 1.54) is 53.9 Å². The molecule has 0 N–H and O–H groups in total. The summed E-state index contributed by atoms with van der Waals surface area (Å²) in [5.41, 5.74) is 8.91. The number of aryl methyl sites for hydroxylation is 2. The minimum Gasteiger partial charge on any atom is -0.199 e. The monoisotopic (exact) mass is 454 g/mol. The predicted octanol–water partition coefficient (Wildman–Crippen LogP) is 0.640. The molecule has 0 aliphatic heterocycles. The van der Waals surface area contributed by atoms with E-state index in [1.54, 1.807) is 10.4 Å². The summed E-state index contributed by atoms with van der Waals surface area (Å²) in [7, 11) is 2.39. The van der Waals surface area contributed by atoms with Gasteiger partial charge in [-0.05, 0) is 20.5 Å². The molecule has 0 radical (unpaired) electrons. The van der Waals surface area contributed by atoms with Crippen LogP contribution < -0.4 is 10.4 Å². The first-order valence-corrected chi connectivity index (χ1v) is 8.65. The van der Waals surface area contributed by atoms with E-state index in [0.717, 1.165) is 0 Å². The van der Waals surface area contributed by atoms with Crippen molar-refractivity contribution in [3.05, 3.63) is 45.5 Å². The Labute approximate surface area is 143 Å². The average molecular weight is 453 g/mol. The molecule has 0 aliphatic rings. The number of hydrogen-bond acceptors (Lipinski definition) is 0. The third kappa shape index (κ3) is 4.50. The van der Waals surface area contributed by atoms with Crippen LogP contribution in [0, 0.1) is 41.5 Å². The van der Waals surface area contributed by atoms with Gasteiger partial charge in [0.2, 0.25) is 0 Å². The quantitative estimate of drug-likeness (QED) is 0.406. The second-order valence-corrected chi connectivity index (χ2v) is 7.68. The van der Waals surface area contributed by atoms with Crippen molar-refractivity contribution >= 4 is 30.9 Å². The maximum absolute atomic E-state index is 2.30. The van der Waals surface area contributed by atoms with Crippen LogP contribution in [-0.4, -0.2) is 20.5 Å². The maximum atomic E-state index is 2.30. The van der Waals surface area contributed by atoms with Gasteiger partial charge in [0.1, 0.15) is 0 Å². The summed E-state index contributed by atoms with van der Waals surface area (Å²) in [6.07, 6.45) is 0. The second-order valence-electron chi connectivity index (χ2n) is 5.52. The molecule has 0 aromatic heterocycles. The van der Waals surface area contributed by atoms with E-state index in [1.807, 2.05) is 0 Å². The van der Waals surface area contributed by atoms with Crippen molar-refractivity contribution in [2.45, 2.75) is 41.5 Å². The first kappa shape index (κ1) is 19.0. The Morgan fingerprint density at radius 2 is 0.947 bits per heavy atom. The molecule has 19 heavy (non-hydrogen) atoms. The van der Waals surface area contributed by atoms with Crippen LogP contribution in [0.3, 0.4) is 0 Å². The summed E-state index contributed by atoms with van der Waals surface area (Å²) in [6.45, 7) is 13.2. The van der Waals surface area contributed by atoms with Crippen LogP contribution in [0.1, 0.15) is 33.4 Å². The zero-order chi connectivity index (χ0) is 14.0. The molecule has 104 valence electrons. The Morgan fingerprint density at radius 3 is 1.00 bits per heavy atom. The fourth-order valence-corrected chi connectivity index (χ4v) is 3.88. The first-order valence-electron chi connectivity index (χ1n) is 6.65. The van der Waals surface area contributed by atoms with Crippen molar-refractivity contribution in [3.63, 3.8) is 0 Å². The maximum Gasteiger partial charge on any atom is 0 e. The van der Waals surface area contributed by atoms with Gasteiger partial charge in [0.15, 0.2) is 0 Å². The zero-order valence-electron chi connectivity index (χ0n) is 13.7. The van der Waals surface area contributed by atoms with Crippen LogP contribution in [0.15, 0.2) is 12.1 Å². The number of rotatable bonds is 0. The van der Waals surface area contributed by atoms with E-state index in [9.17, 15) is 0 Å². The van der Waals surface area contributed by atoms with Crippen molar-refractivity contribution in [3.8, 4) is 0 Å².